The quantitative estimate of drug-likeness (QED) is 0.915. The van der Waals surface area contributed by atoms with Gasteiger partial charge in [0.1, 0.15) is 12.2 Å². The molecule has 16 heavy (non-hydrogen) atoms. The van der Waals surface area contributed by atoms with Crippen LogP contribution in [0.5, 0.6) is 0 Å². The first-order valence-corrected chi connectivity index (χ1v) is 5.47. The first kappa shape index (κ1) is 11.4. The zero-order valence-corrected chi connectivity index (χ0v) is 9.91. The smallest absolute Gasteiger partial charge is 0.140 e. The van der Waals surface area contributed by atoms with Crippen molar-refractivity contribution in [3.63, 3.8) is 0 Å². The zero-order valence-electron chi connectivity index (χ0n) is 8.40. The highest BCUT2D eigenvalue weighted by Crippen LogP contribution is 2.22. The van der Waals surface area contributed by atoms with Crippen LogP contribution in [0.4, 0.5) is 0 Å². The van der Waals surface area contributed by atoms with Crippen LogP contribution >= 0.6 is 23.2 Å². The Hall–Kier alpha value is -1.10. The van der Waals surface area contributed by atoms with Gasteiger partial charge in [-0.3, -0.25) is 0 Å². The van der Waals surface area contributed by atoms with Gasteiger partial charge in [0.05, 0.1) is 23.1 Å². The van der Waals surface area contributed by atoms with E-state index < -0.39 is 0 Å². The third-order valence-corrected chi connectivity index (χ3v) is 2.93. The van der Waals surface area contributed by atoms with Crippen LogP contribution in [0.25, 0.3) is 0 Å². The minimum atomic E-state index is 0.362. The number of aromatic nitrogens is 3. The first-order chi connectivity index (χ1) is 7.70. The average molecular weight is 257 g/mol. The molecule has 4 nitrogen and oxygen atoms in total. The van der Waals surface area contributed by atoms with Gasteiger partial charge in [0, 0.05) is 0 Å². The number of hydrogen-bond acceptors (Lipinski definition) is 3. The molecule has 0 saturated heterocycles. The molecule has 0 aliphatic heterocycles. The van der Waals surface area contributed by atoms with E-state index in [-0.39, 0.29) is 0 Å². The second-order valence-corrected chi connectivity index (χ2v) is 4.10. The number of rotatable bonds is 3. The zero-order chi connectivity index (χ0) is 11.5. The monoisotopic (exact) mass is 256 g/mol. The second kappa shape index (κ2) is 4.82. The molecule has 0 atom stereocenters. The Morgan fingerprint density at radius 2 is 2.06 bits per heavy atom. The molecule has 84 valence electrons. The van der Waals surface area contributed by atoms with E-state index in [9.17, 15) is 0 Å². The van der Waals surface area contributed by atoms with E-state index in [0.29, 0.717) is 23.1 Å². The molecular weight excluding hydrogens is 247 g/mol. The van der Waals surface area contributed by atoms with Gasteiger partial charge < -0.3 is 5.73 Å². The molecule has 0 fully saturated rings. The fourth-order valence-corrected chi connectivity index (χ4v) is 1.71. The SMILES string of the molecule is NCc1ncnn1Cc1ccc(Cl)c(Cl)c1. The molecule has 2 N–H and O–H groups in total. The molecule has 6 heteroatoms. The maximum absolute atomic E-state index is 5.93. The molecule has 0 aliphatic rings. The van der Waals surface area contributed by atoms with Gasteiger partial charge in [-0.2, -0.15) is 5.10 Å². The maximum atomic E-state index is 5.93. The molecule has 1 heterocycles. The Balaban J connectivity index is 2.24. The summed E-state index contributed by atoms with van der Waals surface area (Å²) in [5, 5.41) is 5.16. The van der Waals surface area contributed by atoms with E-state index in [1.54, 1.807) is 10.7 Å². The summed E-state index contributed by atoms with van der Waals surface area (Å²) in [6.45, 7) is 0.949. The van der Waals surface area contributed by atoms with Crippen molar-refractivity contribution in [2.24, 2.45) is 5.73 Å². The van der Waals surface area contributed by atoms with Gasteiger partial charge in [-0.15, -0.1) is 0 Å². The number of benzene rings is 1. The number of hydrogen-bond donors (Lipinski definition) is 1. The molecule has 1 aromatic carbocycles. The minimum Gasteiger partial charge on any atom is -0.324 e. The third kappa shape index (κ3) is 2.35. The molecular formula is C10H10Cl2N4. The van der Waals surface area contributed by atoms with E-state index in [1.807, 2.05) is 12.1 Å². The Kier molecular flexibility index (Phi) is 3.43. The molecule has 0 amide bonds. The fourth-order valence-electron chi connectivity index (χ4n) is 1.39. The molecule has 0 spiro atoms. The van der Waals surface area contributed by atoms with Crippen LogP contribution in [0.3, 0.4) is 0 Å². The van der Waals surface area contributed by atoms with Crippen molar-refractivity contribution in [2.75, 3.05) is 0 Å². The largest absolute Gasteiger partial charge is 0.324 e. The van der Waals surface area contributed by atoms with Crippen LogP contribution < -0.4 is 5.73 Å². The van der Waals surface area contributed by atoms with Gasteiger partial charge in [0.25, 0.3) is 0 Å². The van der Waals surface area contributed by atoms with Gasteiger partial charge in [-0.1, -0.05) is 29.3 Å². The van der Waals surface area contributed by atoms with Crippen molar-refractivity contribution in [1.82, 2.24) is 14.8 Å². The lowest BCUT2D eigenvalue weighted by Gasteiger charge is -2.05. The summed E-state index contributed by atoms with van der Waals surface area (Å²) in [5.74, 6) is 0.742. The van der Waals surface area contributed by atoms with Crippen LogP contribution in [0, 0.1) is 0 Å². The highest BCUT2D eigenvalue weighted by atomic mass is 35.5. The van der Waals surface area contributed by atoms with Crippen molar-refractivity contribution in [3.05, 3.63) is 46.0 Å². The van der Waals surface area contributed by atoms with Gasteiger partial charge >= 0.3 is 0 Å². The fraction of sp³-hybridized carbons (Fsp3) is 0.200. The van der Waals surface area contributed by atoms with Gasteiger partial charge in [0.15, 0.2) is 0 Å². The van der Waals surface area contributed by atoms with E-state index in [0.717, 1.165) is 11.4 Å². The molecule has 0 radical (unpaired) electrons. The highest BCUT2D eigenvalue weighted by Gasteiger charge is 2.04. The summed E-state index contributed by atoms with van der Waals surface area (Å²) < 4.78 is 1.74. The number of halogens is 2. The van der Waals surface area contributed by atoms with E-state index in [4.69, 9.17) is 28.9 Å². The first-order valence-electron chi connectivity index (χ1n) is 4.71. The van der Waals surface area contributed by atoms with Crippen molar-refractivity contribution >= 4 is 23.2 Å². The topological polar surface area (TPSA) is 56.7 Å². The standard InChI is InChI=1S/C10H10Cl2N4/c11-8-2-1-7(3-9(8)12)5-16-10(4-13)14-6-15-16/h1-3,6H,4-5,13H2. The molecule has 2 aromatic rings. The predicted molar refractivity (Wildman–Crippen MR) is 63.5 cm³/mol. The van der Waals surface area contributed by atoms with Gasteiger partial charge in [-0.25, -0.2) is 9.67 Å². The lowest BCUT2D eigenvalue weighted by atomic mass is 10.2. The van der Waals surface area contributed by atoms with Crippen molar-refractivity contribution in [3.8, 4) is 0 Å². The lowest BCUT2D eigenvalue weighted by Crippen LogP contribution is -2.10. The predicted octanol–water partition coefficient (Wildman–Crippen LogP) is 2.09. The normalized spacial score (nSPS) is 10.7. The summed E-state index contributed by atoms with van der Waals surface area (Å²) in [7, 11) is 0. The van der Waals surface area contributed by atoms with Crippen molar-refractivity contribution in [2.45, 2.75) is 13.1 Å². The second-order valence-electron chi connectivity index (χ2n) is 3.29. The summed E-state index contributed by atoms with van der Waals surface area (Å²) in [4.78, 5) is 4.04. The summed E-state index contributed by atoms with van der Waals surface area (Å²) in [6.07, 6.45) is 1.49. The summed E-state index contributed by atoms with van der Waals surface area (Å²) >= 11 is 11.8. The van der Waals surface area contributed by atoms with Crippen LogP contribution in [0.15, 0.2) is 24.5 Å². The molecule has 2 rings (SSSR count). The number of nitrogens with zero attached hydrogens (tertiary/aromatic N) is 3. The Morgan fingerprint density at radius 1 is 1.25 bits per heavy atom. The van der Waals surface area contributed by atoms with E-state index in [2.05, 4.69) is 10.1 Å². The highest BCUT2D eigenvalue weighted by molar-refractivity contribution is 6.42. The van der Waals surface area contributed by atoms with Crippen LogP contribution in [-0.2, 0) is 13.1 Å². The lowest BCUT2D eigenvalue weighted by molar-refractivity contribution is 0.639. The maximum Gasteiger partial charge on any atom is 0.140 e. The molecule has 0 saturated carbocycles. The average Bonchev–Trinajstić information content (AvgIpc) is 2.71. The summed E-state index contributed by atoms with van der Waals surface area (Å²) in [5.41, 5.74) is 6.54. The van der Waals surface area contributed by atoms with Gasteiger partial charge in [-0.05, 0) is 17.7 Å². The van der Waals surface area contributed by atoms with Crippen LogP contribution in [0.1, 0.15) is 11.4 Å². The Bertz CT molecular complexity index is 495. The van der Waals surface area contributed by atoms with Crippen LogP contribution in [0.2, 0.25) is 10.0 Å². The Morgan fingerprint density at radius 3 is 2.75 bits per heavy atom. The molecule has 0 unspecified atom stereocenters. The third-order valence-electron chi connectivity index (χ3n) is 2.19. The molecule has 0 bridgehead atoms. The molecule has 1 aromatic heterocycles. The summed E-state index contributed by atoms with van der Waals surface area (Å²) in [6, 6.07) is 5.47. The number of nitrogens with two attached hydrogens (primary N) is 1. The Labute approximate surface area is 103 Å². The molecule has 0 aliphatic carbocycles. The van der Waals surface area contributed by atoms with Crippen LogP contribution in [-0.4, -0.2) is 14.8 Å². The van der Waals surface area contributed by atoms with Crippen molar-refractivity contribution < 1.29 is 0 Å². The minimum absolute atomic E-state index is 0.362. The van der Waals surface area contributed by atoms with E-state index in [1.165, 1.54) is 6.33 Å². The van der Waals surface area contributed by atoms with E-state index >= 15 is 0 Å². The van der Waals surface area contributed by atoms with Gasteiger partial charge in [0.2, 0.25) is 0 Å². The van der Waals surface area contributed by atoms with Crippen molar-refractivity contribution in [1.29, 1.82) is 0 Å².